The topological polar surface area (TPSA) is 66.9 Å². The van der Waals surface area contributed by atoms with Crippen LogP contribution in [0.2, 0.25) is 5.02 Å². The van der Waals surface area contributed by atoms with Gasteiger partial charge in [0.15, 0.2) is 0 Å². The third kappa shape index (κ3) is 4.60. The van der Waals surface area contributed by atoms with E-state index in [2.05, 4.69) is 34.4 Å². The van der Waals surface area contributed by atoms with Gasteiger partial charge >= 0.3 is 0 Å². The zero-order chi connectivity index (χ0) is 19.4. The summed E-state index contributed by atoms with van der Waals surface area (Å²) in [5.41, 5.74) is 2.56. The third-order valence-electron chi connectivity index (χ3n) is 3.91. The van der Waals surface area contributed by atoms with Crippen LogP contribution in [0, 0.1) is 5.82 Å². The molecule has 2 N–H and O–H groups in total. The average molecular weight is 385 g/mol. The fraction of sp³-hybridized carbons (Fsp3) is 0.150. The highest BCUT2D eigenvalue weighted by atomic mass is 35.5. The van der Waals surface area contributed by atoms with Crippen LogP contribution >= 0.6 is 11.6 Å². The molecular weight excluding hydrogens is 367 g/mol. The lowest BCUT2D eigenvalue weighted by Crippen LogP contribution is -2.15. The molecule has 1 heterocycles. The molecule has 0 aliphatic heterocycles. The average Bonchev–Trinajstić information content (AvgIpc) is 2.65. The Morgan fingerprint density at radius 2 is 1.89 bits per heavy atom. The Bertz CT molecular complexity index is 960. The summed E-state index contributed by atoms with van der Waals surface area (Å²) in [6.07, 6.45) is 2.81. The Hall–Kier alpha value is -2.99. The highest BCUT2D eigenvalue weighted by Gasteiger charge is 2.12. The quantitative estimate of drug-likeness (QED) is 0.619. The molecule has 0 aliphatic carbocycles. The van der Waals surface area contributed by atoms with Crippen molar-refractivity contribution >= 4 is 34.7 Å². The second-order valence-electron chi connectivity index (χ2n) is 6.24. The van der Waals surface area contributed by atoms with Gasteiger partial charge in [0.2, 0.25) is 0 Å². The minimum absolute atomic E-state index is 0.00720. The molecule has 7 heteroatoms. The molecule has 0 saturated heterocycles. The van der Waals surface area contributed by atoms with Gasteiger partial charge in [0.05, 0.1) is 17.4 Å². The molecule has 5 nitrogen and oxygen atoms in total. The maximum atomic E-state index is 13.2. The van der Waals surface area contributed by atoms with Crippen LogP contribution in [0.15, 0.2) is 54.9 Å². The summed E-state index contributed by atoms with van der Waals surface area (Å²) in [6, 6.07) is 11.9. The number of halogens is 2. The largest absolute Gasteiger partial charge is 0.339 e. The van der Waals surface area contributed by atoms with Crippen LogP contribution in [0.4, 0.5) is 21.6 Å². The zero-order valence-corrected chi connectivity index (χ0v) is 15.6. The number of para-hydroxylation sites is 1. The minimum atomic E-state index is -0.498. The van der Waals surface area contributed by atoms with E-state index >= 15 is 0 Å². The molecule has 0 atom stereocenters. The lowest BCUT2D eigenvalue weighted by atomic mass is 10.0. The number of benzene rings is 2. The van der Waals surface area contributed by atoms with Gasteiger partial charge in [0.1, 0.15) is 17.3 Å². The van der Waals surface area contributed by atoms with E-state index in [-0.39, 0.29) is 22.5 Å². The van der Waals surface area contributed by atoms with E-state index in [0.29, 0.717) is 11.5 Å². The fourth-order valence-corrected chi connectivity index (χ4v) is 2.71. The number of amides is 1. The first kappa shape index (κ1) is 18.8. The summed E-state index contributed by atoms with van der Waals surface area (Å²) >= 11 is 5.75. The number of nitrogens with one attached hydrogen (secondary N) is 2. The van der Waals surface area contributed by atoms with Crippen molar-refractivity contribution in [2.45, 2.75) is 19.8 Å². The number of aromatic nitrogens is 2. The van der Waals surface area contributed by atoms with Gasteiger partial charge in [-0.15, -0.1) is 0 Å². The molecule has 0 fully saturated rings. The monoisotopic (exact) mass is 384 g/mol. The fourth-order valence-electron chi connectivity index (χ4n) is 2.53. The third-order valence-corrected chi connectivity index (χ3v) is 4.20. The number of nitrogens with zero attached hydrogens (tertiary/aromatic N) is 2. The Balaban J connectivity index is 1.71. The summed E-state index contributed by atoms with van der Waals surface area (Å²) < 4.78 is 13.2. The standard InChI is InChI=1S/C20H18ClFN4O/c1-12(2)14-5-3-4-6-17(14)26-20(27)18-10-24-19(11-23-18)25-13-7-8-16(22)15(21)9-13/h3-12H,1-2H3,(H,24,25)(H,26,27). The normalized spacial score (nSPS) is 10.7. The van der Waals surface area contributed by atoms with Crippen molar-refractivity contribution in [3.8, 4) is 0 Å². The molecule has 0 bridgehead atoms. The molecule has 2 aromatic carbocycles. The van der Waals surface area contributed by atoms with Crippen LogP contribution in [0.1, 0.15) is 35.8 Å². The summed E-state index contributed by atoms with van der Waals surface area (Å²) in [7, 11) is 0. The highest BCUT2D eigenvalue weighted by molar-refractivity contribution is 6.31. The first-order chi connectivity index (χ1) is 12.9. The van der Waals surface area contributed by atoms with E-state index in [9.17, 15) is 9.18 Å². The van der Waals surface area contributed by atoms with Crippen LogP contribution in [0.3, 0.4) is 0 Å². The van der Waals surface area contributed by atoms with E-state index in [1.807, 2.05) is 24.3 Å². The van der Waals surface area contributed by atoms with Crippen molar-refractivity contribution in [3.05, 3.63) is 77.0 Å². The van der Waals surface area contributed by atoms with Crippen molar-refractivity contribution in [1.29, 1.82) is 0 Å². The minimum Gasteiger partial charge on any atom is -0.339 e. The van der Waals surface area contributed by atoms with Crippen molar-refractivity contribution in [2.24, 2.45) is 0 Å². The van der Waals surface area contributed by atoms with Crippen molar-refractivity contribution in [2.75, 3.05) is 10.6 Å². The van der Waals surface area contributed by atoms with Gasteiger partial charge < -0.3 is 10.6 Å². The van der Waals surface area contributed by atoms with E-state index < -0.39 is 5.82 Å². The molecule has 0 aliphatic rings. The molecule has 1 amide bonds. The van der Waals surface area contributed by atoms with Crippen LogP contribution in [0.25, 0.3) is 0 Å². The van der Waals surface area contributed by atoms with E-state index in [4.69, 9.17) is 11.6 Å². The van der Waals surface area contributed by atoms with Gasteiger partial charge in [0, 0.05) is 11.4 Å². The number of hydrogen-bond acceptors (Lipinski definition) is 4. The van der Waals surface area contributed by atoms with Gasteiger partial charge in [-0.25, -0.2) is 14.4 Å². The molecule has 1 aromatic heterocycles. The molecule has 3 aromatic rings. The molecule has 0 spiro atoms. The molecule has 0 unspecified atom stereocenters. The molecule has 138 valence electrons. The lowest BCUT2D eigenvalue weighted by molar-refractivity contribution is 0.102. The van der Waals surface area contributed by atoms with Gasteiger partial charge in [-0.3, -0.25) is 4.79 Å². The van der Waals surface area contributed by atoms with E-state index in [1.54, 1.807) is 0 Å². The maximum absolute atomic E-state index is 13.2. The van der Waals surface area contributed by atoms with Gasteiger partial charge in [-0.05, 0) is 35.7 Å². The molecule has 0 radical (unpaired) electrons. The number of hydrogen-bond donors (Lipinski definition) is 2. The Kier molecular flexibility index (Phi) is 5.66. The van der Waals surface area contributed by atoms with Gasteiger partial charge in [-0.1, -0.05) is 43.6 Å². The smallest absolute Gasteiger partial charge is 0.275 e. The van der Waals surface area contributed by atoms with Crippen LogP contribution in [-0.2, 0) is 0 Å². The van der Waals surface area contributed by atoms with Crippen molar-refractivity contribution in [1.82, 2.24) is 9.97 Å². The molecule has 0 saturated carbocycles. The van der Waals surface area contributed by atoms with Crippen LogP contribution < -0.4 is 10.6 Å². The first-order valence-corrected chi connectivity index (χ1v) is 8.76. The number of carbonyl (C=O) groups is 1. The maximum Gasteiger partial charge on any atom is 0.275 e. The zero-order valence-electron chi connectivity index (χ0n) is 14.8. The van der Waals surface area contributed by atoms with Crippen LogP contribution in [0.5, 0.6) is 0 Å². The second kappa shape index (κ2) is 8.14. The molecule has 27 heavy (non-hydrogen) atoms. The van der Waals surface area contributed by atoms with E-state index in [0.717, 1.165) is 11.3 Å². The van der Waals surface area contributed by atoms with Crippen molar-refractivity contribution < 1.29 is 9.18 Å². The number of carbonyl (C=O) groups excluding carboxylic acids is 1. The first-order valence-electron chi connectivity index (χ1n) is 8.38. The SMILES string of the molecule is CC(C)c1ccccc1NC(=O)c1cnc(Nc2ccc(F)c(Cl)c2)cn1. The van der Waals surface area contributed by atoms with Crippen LogP contribution in [-0.4, -0.2) is 15.9 Å². The Morgan fingerprint density at radius 1 is 1.11 bits per heavy atom. The predicted octanol–water partition coefficient (Wildman–Crippen LogP) is 5.39. The Labute approximate surface area is 161 Å². The van der Waals surface area contributed by atoms with Gasteiger partial charge in [0.25, 0.3) is 5.91 Å². The summed E-state index contributed by atoms with van der Waals surface area (Å²) in [5, 5.41) is 5.83. The lowest BCUT2D eigenvalue weighted by Gasteiger charge is -2.13. The summed E-state index contributed by atoms with van der Waals surface area (Å²) in [5.74, 6) is -0.146. The summed E-state index contributed by atoms with van der Waals surface area (Å²) in [6.45, 7) is 4.12. The van der Waals surface area contributed by atoms with E-state index in [1.165, 1.54) is 30.6 Å². The number of rotatable bonds is 5. The molecule has 3 rings (SSSR count). The summed E-state index contributed by atoms with van der Waals surface area (Å²) in [4.78, 5) is 20.8. The van der Waals surface area contributed by atoms with Gasteiger partial charge in [-0.2, -0.15) is 0 Å². The second-order valence-corrected chi connectivity index (χ2v) is 6.64. The Morgan fingerprint density at radius 3 is 2.56 bits per heavy atom. The predicted molar refractivity (Wildman–Crippen MR) is 105 cm³/mol. The van der Waals surface area contributed by atoms with Crippen molar-refractivity contribution in [3.63, 3.8) is 0 Å². The molecular formula is C20H18ClFN4O. The highest BCUT2D eigenvalue weighted by Crippen LogP contribution is 2.24. The number of anilines is 3.